The van der Waals surface area contributed by atoms with Crippen LogP contribution in [0.5, 0.6) is 0 Å². The Labute approximate surface area is 150 Å². The third-order valence-corrected chi connectivity index (χ3v) is 4.15. The van der Waals surface area contributed by atoms with Gasteiger partial charge in [0, 0.05) is 31.0 Å². The molecule has 0 saturated carbocycles. The first-order valence-corrected chi connectivity index (χ1v) is 8.36. The fourth-order valence-corrected chi connectivity index (χ4v) is 2.77. The SMILES string of the molecule is Cc1ccc(C(=O)N2CC[C@@H](NC(=O)CNC(=O)c3ccco3)C2)cn1. The molecule has 2 aromatic heterocycles. The minimum Gasteiger partial charge on any atom is -0.459 e. The van der Waals surface area contributed by atoms with E-state index in [0.717, 1.165) is 5.69 Å². The van der Waals surface area contributed by atoms with Crippen LogP contribution in [0.4, 0.5) is 0 Å². The average Bonchev–Trinajstić information content (AvgIpc) is 3.32. The van der Waals surface area contributed by atoms with E-state index in [1.165, 1.54) is 12.3 Å². The number of carbonyl (C=O) groups excluding carboxylic acids is 3. The Balaban J connectivity index is 1.45. The predicted octanol–water partition coefficient (Wildman–Crippen LogP) is 0.744. The number of aryl methyl sites for hydroxylation is 1. The molecule has 1 aliphatic heterocycles. The van der Waals surface area contributed by atoms with E-state index in [-0.39, 0.29) is 30.2 Å². The summed E-state index contributed by atoms with van der Waals surface area (Å²) in [6.07, 6.45) is 3.62. The molecule has 0 aromatic carbocycles. The molecule has 0 aliphatic carbocycles. The summed E-state index contributed by atoms with van der Waals surface area (Å²) in [4.78, 5) is 42.0. The number of nitrogens with one attached hydrogen (secondary N) is 2. The van der Waals surface area contributed by atoms with Crippen LogP contribution in [0.15, 0.2) is 41.1 Å². The first kappa shape index (κ1) is 17.7. The van der Waals surface area contributed by atoms with E-state index >= 15 is 0 Å². The number of carbonyl (C=O) groups is 3. The topological polar surface area (TPSA) is 105 Å². The number of aromatic nitrogens is 1. The highest BCUT2D eigenvalue weighted by Gasteiger charge is 2.28. The number of hydrogen-bond acceptors (Lipinski definition) is 5. The predicted molar refractivity (Wildman–Crippen MR) is 92.5 cm³/mol. The summed E-state index contributed by atoms with van der Waals surface area (Å²) in [5, 5.41) is 5.32. The van der Waals surface area contributed by atoms with E-state index in [4.69, 9.17) is 4.42 Å². The van der Waals surface area contributed by atoms with Crippen LogP contribution in [0, 0.1) is 6.92 Å². The van der Waals surface area contributed by atoms with Gasteiger partial charge in [-0.3, -0.25) is 19.4 Å². The van der Waals surface area contributed by atoms with Crippen molar-refractivity contribution >= 4 is 17.7 Å². The number of rotatable bonds is 5. The van der Waals surface area contributed by atoms with Crippen molar-refractivity contribution < 1.29 is 18.8 Å². The second-order valence-corrected chi connectivity index (χ2v) is 6.15. The highest BCUT2D eigenvalue weighted by Crippen LogP contribution is 2.13. The summed E-state index contributed by atoms with van der Waals surface area (Å²) in [7, 11) is 0. The van der Waals surface area contributed by atoms with Crippen LogP contribution in [0.2, 0.25) is 0 Å². The standard InChI is InChI=1S/C18H20N4O4/c1-12-4-5-13(9-19-12)18(25)22-7-6-14(11-22)21-16(23)10-20-17(24)15-3-2-8-26-15/h2-5,8-9,14H,6-7,10-11H2,1H3,(H,20,24)(H,21,23)/t14-/m1/s1. The van der Waals surface area contributed by atoms with Crippen molar-refractivity contribution in [3.63, 3.8) is 0 Å². The van der Waals surface area contributed by atoms with Gasteiger partial charge in [-0.05, 0) is 37.6 Å². The second-order valence-electron chi connectivity index (χ2n) is 6.15. The fraction of sp³-hybridized carbons (Fsp3) is 0.333. The lowest BCUT2D eigenvalue weighted by Gasteiger charge is -2.17. The molecule has 0 spiro atoms. The maximum atomic E-state index is 12.4. The normalized spacial score (nSPS) is 16.3. The lowest BCUT2D eigenvalue weighted by atomic mass is 10.2. The molecule has 3 heterocycles. The minimum atomic E-state index is -0.444. The van der Waals surface area contributed by atoms with Gasteiger partial charge in [0.1, 0.15) is 0 Å². The molecule has 2 N–H and O–H groups in total. The van der Waals surface area contributed by atoms with Gasteiger partial charge < -0.3 is 20.0 Å². The molecule has 3 rings (SSSR count). The molecule has 8 heteroatoms. The van der Waals surface area contributed by atoms with Crippen LogP contribution < -0.4 is 10.6 Å². The van der Waals surface area contributed by atoms with Crippen molar-refractivity contribution in [1.29, 1.82) is 0 Å². The van der Waals surface area contributed by atoms with Crippen molar-refractivity contribution in [2.75, 3.05) is 19.6 Å². The quantitative estimate of drug-likeness (QED) is 0.822. The highest BCUT2D eigenvalue weighted by molar-refractivity contribution is 5.95. The first-order chi connectivity index (χ1) is 12.5. The van der Waals surface area contributed by atoms with Gasteiger partial charge in [-0.2, -0.15) is 0 Å². The zero-order valence-electron chi connectivity index (χ0n) is 14.4. The fourth-order valence-electron chi connectivity index (χ4n) is 2.77. The first-order valence-electron chi connectivity index (χ1n) is 8.36. The summed E-state index contributed by atoms with van der Waals surface area (Å²) in [5.74, 6) is -0.691. The number of furan rings is 1. The third-order valence-electron chi connectivity index (χ3n) is 4.15. The lowest BCUT2D eigenvalue weighted by Crippen LogP contribution is -2.43. The highest BCUT2D eigenvalue weighted by atomic mass is 16.3. The van der Waals surface area contributed by atoms with Crippen LogP contribution in [-0.2, 0) is 4.79 Å². The molecule has 1 fully saturated rings. The molecule has 0 unspecified atom stereocenters. The summed E-state index contributed by atoms with van der Waals surface area (Å²) >= 11 is 0. The van der Waals surface area contributed by atoms with Crippen molar-refractivity contribution in [3.8, 4) is 0 Å². The molecule has 1 saturated heterocycles. The number of likely N-dealkylation sites (tertiary alicyclic amines) is 1. The molecular formula is C18H20N4O4. The van der Waals surface area contributed by atoms with Gasteiger partial charge in [0.15, 0.2) is 5.76 Å². The summed E-state index contributed by atoms with van der Waals surface area (Å²) in [5.41, 5.74) is 1.39. The van der Waals surface area contributed by atoms with Crippen molar-refractivity contribution in [1.82, 2.24) is 20.5 Å². The minimum absolute atomic E-state index is 0.0969. The van der Waals surface area contributed by atoms with Gasteiger partial charge in [0.25, 0.3) is 11.8 Å². The monoisotopic (exact) mass is 356 g/mol. The molecule has 0 radical (unpaired) electrons. The van der Waals surface area contributed by atoms with E-state index < -0.39 is 5.91 Å². The van der Waals surface area contributed by atoms with Gasteiger partial charge in [-0.25, -0.2) is 0 Å². The molecular weight excluding hydrogens is 336 g/mol. The smallest absolute Gasteiger partial charge is 0.287 e. The van der Waals surface area contributed by atoms with Crippen LogP contribution in [0.3, 0.4) is 0 Å². The molecule has 1 aliphatic rings. The van der Waals surface area contributed by atoms with Crippen LogP contribution in [0.1, 0.15) is 33.0 Å². The van der Waals surface area contributed by atoms with E-state index in [9.17, 15) is 14.4 Å². The number of hydrogen-bond donors (Lipinski definition) is 2. The molecule has 136 valence electrons. The Kier molecular flexibility index (Phi) is 5.31. The van der Waals surface area contributed by atoms with Gasteiger partial charge >= 0.3 is 0 Å². The van der Waals surface area contributed by atoms with Gasteiger partial charge in [-0.15, -0.1) is 0 Å². The maximum absolute atomic E-state index is 12.4. The van der Waals surface area contributed by atoms with Crippen LogP contribution in [-0.4, -0.2) is 53.3 Å². The average molecular weight is 356 g/mol. The Bertz CT molecular complexity index is 786. The van der Waals surface area contributed by atoms with E-state index in [0.29, 0.717) is 25.1 Å². The zero-order valence-corrected chi connectivity index (χ0v) is 14.4. The lowest BCUT2D eigenvalue weighted by molar-refractivity contribution is -0.120. The molecule has 2 aromatic rings. The summed E-state index contributed by atoms with van der Waals surface area (Å²) < 4.78 is 4.96. The van der Waals surface area contributed by atoms with E-state index in [2.05, 4.69) is 15.6 Å². The number of pyridine rings is 1. The molecule has 0 bridgehead atoms. The summed E-state index contributed by atoms with van der Waals surface area (Å²) in [6.45, 7) is 2.72. The summed E-state index contributed by atoms with van der Waals surface area (Å²) in [6, 6.07) is 6.53. The molecule has 3 amide bonds. The number of nitrogens with zero attached hydrogens (tertiary/aromatic N) is 2. The molecule has 8 nitrogen and oxygen atoms in total. The van der Waals surface area contributed by atoms with Crippen LogP contribution in [0.25, 0.3) is 0 Å². The van der Waals surface area contributed by atoms with Gasteiger partial charge in [-0.1, -0.05) is 0 Å². The molecule has 1 atom stereocenters. The van der Waals surface area contributed by atoms with Gasteiger partial charge in [0.05, 0.1) is 18.4 Å². The Morgan fingerprint density at radius 2 is 2.15 bits per heavy atom. The van der Waals surface area contributed by atoms with Crippen molar-refractivity contribution in [2.45, 2.75) is 19.4 Å². The maximum Gasteiger partial charge on any atom is 0.287 e. The van der Waals surface area contributed by atoms with Crippen LogP contribution >= 0.6 is 0 Å². The molecule has 26 heavy (non-hydrogen) atoms. The van der Waals surface area contributed by atoms with E-state index in [1.54, 1.807) is 29.3 Å². The third kappa shape index (κ3) is 4.27. The largest absolute Gasteiger partial charge is 0.459 e. The Morgan fingerprint density at radius 1 is 1.31 bits per heavy atom. The number of amides is 3. The van der Waals surface area contributed by atoms with Crippen molar-refractivity contribution in [3.05, 3.63) is 53.7 Å². The van der Waals surface area contributed by atoms with E-state index in [1.807, 2.05) is 6.92 Å². The van der Waals surface area contributed by atoms with Crippen molar-refractivity contribution in [2.24, 2.45) is 0 Å². The zero-order chi connectivity index (χ0) is 18.5. The Hall–Kier alpha value is -3.16. The van der Waals surface area contributed by atoms with Gasteiger partial charge in [0.2, 0.25) is 5.91 Å². The second kappa shape index (κ2) is 7.81. The Morgan fingerprint density at radius 3 is 2.85 bits per heavy atom.